The number of H-pyrrole nitrogens is 1. The van der Waals surface area contributed by atoms with Crippen molar-refractivity contribution in [3.8, 4) is 11.4 Å². The van der Waals surface area contributed by atoms with Gasteiger partial charge in [-0.15, -0.1) is 0 Å². The molecule has 20 heavy (non-hydrogen) atoms. The summed E-state index contributed by atoms with van der Waals surface area (Å²) >= 11 is 0. The lowest BCUT2D eigenvalue weighted by atomic mass is 10.1. The minimum Gasteiger partial charge on any atom is -0.275 e. The Morgan fingerprint density at radius 2 is 1.75 bits per heavy atom. The van der Waals surface area contributed by atoms with Crippen molar-refractivity contribution in [1.82, 2.24) is 20.2 Å². The van der Waals surface area contributed by atoms with Crippen LogP contribution in [0.1, 0.15) is 5.69 Å². The normalized spacial score (nSPS) is 11.2. The SMILES string of the molecule is Cc1n[nH]c2c1nc(-c1ccccn1)c1ccccc12. The van der Waals surface area contributed by atoms with Gasteiger partial charge < -0.3 is 0 Å². The quantitative estimate of drug-likeness (QED) is 0.570. The molecule has 0 unspecified atom stereocenters. The number of hydrogen-bond acceptors (Lipinski definition) is 3. The Morgan fingerprint density at radius 1 is 0.950 bits per heavy atom. The molecule has 1 N–H and O–H groups in total. The van der Waals surface area contributed by atoms with Crippen molar-refractivity contribution < 1.29 is 0 Å². The molecule has 0 aliphatic carbocycles. The van der Waals surface area contributed by atoms with Crippen LogP contribution >= 0.6 is 0 Å². The van der Waals surface area contributed by atoms with Crippen molar-refractivity contribution in [1.29, 1.82) is 0 Å². The molecule has 3 aromatic heterocycles. The molecule has 1 aromatic carbocycles. The van der Waals surface area contributed by atoms with E-state index in [1.54, 1.807) is 6.20 Å². The molecule has 4 nitrogen and oxygen atoms in total. The lowest BCUT2D eigenvalue weighted by molar-refractivity contribution is 1.07. The van der Waals surface area contributed by atoms with Crippen LogP contribution in [-0.2, 0) is 0 Å². The summed E-state index contributed by atoms with van der Waals surface area (Å²) in [7, 11) is 0. The Kier molecular flexibility index (Phi) is 2.29. The van der Waals surface area contributed by atoms with Crippen molar-refractivity contribution in [2.75, 3.05) is 0 Å². The van der Waals surface area contributed by atoms with E-state index in [1.807, 2.05) is 37.3 Å². The van der Waals surface area contributed by atoms with E-state index in [0.29, 0.717) is 0 Å². The van der Waals surface area contributed by atoms with Crippen molar-refractivity contribution in [3.05, 3.63) is 54.4 Å². The van der Waals surface area contributed by atoms with E-state index < -0.39 is 0 Å². The third kappa shape index (κ3) is 1.51. The van der Waals surface area contributed by atoms with Gasteiger partial charge >= 0.3 is 0 Å². The smallest absolute Gasteiger partial charge is 0.112 e. The number of aryl methyl sites for hydroxylation is 1. The van der Waals surface area contributed by atoms with Crippen molar-refractivity contribution >= 4 is 21.8 Å². The Morgan fingerprint density at radius 3 is 2.55 bits per heavy atom. The van der Waals surface area contributed by atoms with Crippen molar-refractivity contribution in [3.63, 3.8) is 0 Å². The highest BCUT2D eigenvalue weighted by Gasteiger charge is 2.13. The van der Waals surface area contributed by atoms with Gasteiger partial charge in [0.25, 0.3) is 0 Å². The molecule has 0 spiro atoms. The number of hydrogen-bond donors (Lipinski definition) is 1. The largest absolute Gasteiger partial charge is 0.275 e. The van der Waals surface area contributed by atoms with Crippen LogP contribution in [0.5, 0.6) is 0 Å². The van der Waals surface area contributed by atoms with Gasteiger partial charge in [-0.2, -0.15) is 5.10 Å². The van der Waals surface area contributed by atoms with Crippen LogP contribution in [0.2, 0.25) is 0 Å². The predicted octanol–water partition coefficient (Wildman–Crippen LogP) is 3.48. The Hall–Kier alpha value is -2.75. The lowest BCUT2D eigenvalue weighted by Crippen LogP contribution is -1.90. The summed E-state index contributed by atoms with van der Waals surface area (Å²) in [6, 6.07) is 14.1. The van der Waals surface area contributed by atoms with Gasteiger partial charge in [-0.05, 0) is 19.1 Å². The van der Waals surface area contributed by atoms with Crippen LogP contribution in [-0.4, -0.2) is 20.2 Å². The summed E-state index contributed by atoms with van der Waals surface area (Å²) in [6.45, 7) is 1.96. The van der Waals surface area contributed by atoms with Gasteiger partial charge in [0, 0.05) is 17.0 Å². The van der Waals surface area contributed by atoms with Crippen LogP contribution in [0.4, 0.5) is 0 Å². The average Bonchev–Trinajstić information content (AvgIpc) is 2.89. The van der Waals surface area contributed by atoms with Crippen LogP contribution in [0, 0.1) is 6.92 Å². The predicted molar refractivity (Wildman–Crippen MR) is 79.4 cm³/mol. The summed E-state index contributed by atoms with van der Waals surface area (Å²) in [5.41, 5.74) is 4.58. The molecule has 0 atom stereocenters. The highest BCUT2D eigenvalue weighted by Crippen LogP contribution is 2.31. The maximum atomic E-state index is 4.78. The van der Waals surface area contributed by atoms with Crippen molar-refractivity contribution in [2.24, 2.45) is 0 Å². The summed E-state index contributed by atoms with van der Waals surface area (Å²) in [5, 5.41) is 9.56. The Bertz CT molecular complexity index is 910. The van der Waals surface area contributed by atoms with E-state index >= 15 is 0 Å². The molecule has 0 saturated carbocycles. The van der Waals surface area contributed by atoms with Gasteiger partial charge in [-0.25, -0.2) is 4.98 Å². The summed E-state index contributed by atoms with van der Waals surface area (Å²) in [4.78, 5) is 9.20. The van der Waals surface area contributed by atoms with E-state index in [4.69, 9.17) is 4.98 Å². The number of aromatic nitrogens is 4. The number of nitrogens with zero attached hydrogens (tertiary/aromatic N) is 3. The van der Waals surface area contributed by atoms with E-state index in [-0.39, 0.29) is 0 Å². The van der Waals surface area contributed by atoms with Gasteiger partial charge in [0.05, 0.1) is 22.6 Å². The summed E-state index contributed by atoms with van der Waals surface area (Å²) < 4.78 is 0. The minimum absolute atomic E-state index is 0.881. The molecule has 4 heteroatoms. The van der Waals surface area contributed by atoms with E-state index in [0.717, 1.165) is 38.9 Å². The number of nitrogens with one attached hydrogen (secondary N) is 1. The van der Waals surface area contributed by atoms with E-state index in [1.165, 1.54) is 0 Å². The van der Waals surface area contributed by atoms with Gasteiger partial charge in [0.15, 0.2) is 0 Å². The molecule has 0 aliphatic heterocycles. The van der Waals surface area contributed by atoms with Crippen molar-refractivity contribution in [2.45, 2.75) is 6.92 Å². The first kappa shape index (κ1) is 11.1. The van der Waals surface area contributed by atoms with Gasteiger partial charge in [0.2, 0.25) is 0 Å². The maximum absolute atomic E-state index is 4.78. The third-order valence-corrected chi connectivity index (χ3v) is 3.50. The van der Waals surface area contributed by atoms with E-state index in [2.05, 4.69) is 27.3 Å². The Balaban J connectivity index is 2.20. The highest BCUT2D eigenvalue weighted by molar-refractivity contribution is 6.09. The monoisotopic (exact) mass is 260 g/mol. The molecule has 0 saturated heterocycles. The highest BCUT2D eigenvalue weighted by atomic mass is 15.1. The maximum Gasteiger partial charge on any atom is 0.112 e. The number of aromatic amines is 1. The molecule has 0 bridgehead atoms. The van der Waals surface area contributed by atoms with Gasteiger partial charge in [0.1, 0.15) is 5.52 Å². The van der Waals surface area contributed by atoms with Crippen LogP contribution in [0.3, 0.4) is 0 Å². The standard InChI is InChI=1S/C16H12N4/c1-10-14-16(20-19-10)12-7-3-2-6-11(12)15(18-14)13-8-4-5-9-17-13/h2-9H,1H3,(H,19,20). The number of fused-ring (bicyclic) bond motifs is 3. The Labute approximate surface area is 115 Å². The fourth-order valence-electron chi connectivity index (χ4n) is 2.53. The fraction of sp³-hybridized carbons (Fsp3) is 0.0625. The van der Waals surface area contributed by atoms with Gasteiger partial charge in [-0.1, -0.05) is 30.3 Å². The molecule has 0 aliphatic rings. The first-order valence-electron chi connectivity index (χ1n) is 6.49. The zero-order chi connectivity index (χ0) is 13.5. The van der Waals surface area contributed by atoms with Crippen LogP contribution in [0.25, 0.3) is 33.2 Å². The fourth-order valence-corrected chi connectivity index (χ4v) is 2.53. The first-order valence-corrected chi connectivity index (χ1v) is 6.49. The van der Waals surface area contributed by atoms with Crippen LogP contribution in [0.15, 0.2) is 48.7 Å². The summed E-state index contributed by atoms with van der Waals surface area (Å²) in [6.07, 6.45) is 1.79. The molecule has 0 fully saturated rings. The molecule has 4 aromatic rings. The average molecular weight is 260 g/mol. The van der Waals surface area contributed by atoms with Crippen LogP contribution < -0.4 is 0 Å². The first-order chi connectivity index (χ1) is 9.84. The number of pyridine rings is 2. The topological polar surface area (TPSA) is 54.5 Å². The number of rotatable bonds is 1. The molecule has 4 rings (SSSR count). The van der Waals surface area contributed by atoms with Gasteiger partial charge in [-0.3, -0.25) is 10.1 Å². The molecular formula is C16H12N4. The second-order valence-corrected chi connectivity index (χ2v) is 4.75. The minimum atomic E-state index is 0.881. The zero-order valence-corrected chi connectivity index (χ0v) is 11.0. The molecule has 0 radical (unpaired) electrons. The lowest BCUT2D eigenvalue weighted by Gasteiger charge is -2.06. The summed E-state index contributed by atoms with van der Waals surface area (Å²) in [5.74, 6) is 0. The molecule has 96 valence electrons. The molecule has 0 amide bonds. The zero-order valence-electron chi connectivity index (χ0n) is 11.0. The second kappa shape index (κ2) is 4.13. The van der Waals surface area contributed by atoms with E-state index in [9.17, 15) is 0 Å². The molecular weight excluding hydrogens is 248 g/mol. The number of benzene rings is 1. The molecule has 3 heterocycles. The third-order valence-electron chi connectivity index (χ3n) is 3.50. The second-order valence-electron chi connectivity index (χ2n) is 4.75.